The van der Waals surface area contributed by atoms with E-state index in [1.54, 1.807) is 12.1 Å². The summed E-state index contributed by atoms with van der Waals surface area (Å²) in [6.45, 7) is 0. The Labute approximate surface area is 177 Å². The van der Waals surface area contributed by atoms with Gasteiger partial charge >= 0.3 is 0 Å². The highest BCUT2D eigenvalue weighted by Gasteiger charge is 2.22. The molecule has 0 saturated heterocycles. The quantitative estimate of drug-likeness (QED) is 0.345. The molecule has 0 fully saturated rings. The Kier molecular flexibility index (Phi) is 5.66. The number of aromatic hydroxyl groups is 1. The van der Waals surface area contributed by atoms with Crippen LogP contribution in [0.2, 0.25) is 0 Å². The third-order valence-corrected chi connectivity index (χ3v) is 4.59. The number of phenolic OH excluding ortho intramolecular Hbond substituents is 1. The van der Waals surface area contributed by atoms with Gasteiger partial charge in [-0.3, -0.25) is 9.59 Å². The maximum atomic E-state index is 13.0. The molecule has 1 aromatic heterocycles. The van der Waals surface area contributed by atoms with E-state index in [1.807, 2.05) is 60.7 Å². The lowest BCUT2D eigenvalue weighted by molar-refractivity contribution is 0.0954. The molecule has 0 aliphatic rings. The van der Waals surface area contributed by atoms with Crippen LogP contribution in [0.1, 0.15) is 15.9 Å². The van der Waals surface area contributed by atoms with Gasteiger partial charge in [-0.25, -0.2) is 10.5 Å². The number of aromatic amines is 1. The van der Waals surface area contributed by atoms with Crippen LogP contribution < -0.4 is 11.0 Å². The van der Waals surface area contributed by atoms with Crippen LogP contribution in [0.15, 0.2) is 94.8 Å². The molecule has 152 valence electrons. The topological polar surface area (TPSA) is 107 Å². The van der Waals surface area contributed by atoms with Crippen molar-refractivity contribution in [1.82, 2.24) is 15.6 Å². The molecule has 7 heteroatoms. The fourth-order valence-electron chi connectivity index (χ4n) is 3.14. The Morgan fingerprint density at radius 3 is 2.16 bits per heavy atom. The van der Waals surface area contributed by atoms with E-state index in [9.17, 15) is 14.7 Å². The third-order valence-electron chi connectivity index (χ3n) is 4.59. The number of aromatic nitrogens is 2. The maximum absolute atomic E-state index is 13.0. The summed E-state index contributed by atoms with van der Waals surface area (Å²) in [6, 6.07) is 24.8. The number of amides is 1. The minimum Gasteiger partial charge on any atom is -0.508 e. The van der Waals surface area contributed by atoms with Gasteiger partial charge in [0.2, 0.25) is 0 Å². The summed E-state index contributed by atoms with van der Waals surface area (Å²) in [5.74, 6) is -0.528. The highest BCUT2D eigenvalue weighted by molar-refractivity contribution is 6.03. The van der Waals surface area contributed by atoms with Crippen LogP contribution >= 0.6 is 0 Å². The van der Waals surface area contributed by atoms with Crippen LogP contribution in [0.25, 0.3) is 22.4 Å². The molecule has 31 heavy (non-hydrogen) atoms. The van der Waals surface area contributed by atoms with E-state index in [1.165, 1.54) is 18.3 Å². The average molecular weight is 410 g/mol. The fraction of sp³-hybridized carbons (Fsp3) is 0. The van der Waals surface area contributed by atoms with E-state index in [0.717, 1.165) is 5.56 Å². The molecule has 0 unspecified atom stereocenters. The van der Waals surface area contributed by atoms with Crippen molar-refractivity contribution in [2.45, 2.75) is 0 Å². The second-order valence-electron chi connectivity index (χ2n) is 6.67. The molecule has 4 rings (SSSR count). The van der Waals surface area contributed by atoms with Crippen molar-refractivity contribution >= 4 is 12.1 Å². The van der Waals surface area contributed by atoms with Gasteiger partial charge in [-0.2, -0.15) is 10.2 Å². The van der Waals surface area contributed by atoms with Gasteiger partial charge in [-0.15, -0.1) is 0 Å². The average Bonchev–Trinajstić information content (AvgIpc) is 2.81. The summed E-state index contributed by atoms with van der Waals surface area (Å²) in [7, 11) is 0. The molecule has 0 bridgehead atoms. The molecule has 0 spiro atoms. The first-order valence-electron chi connectivity index (χ1n) is 9.49. The van der Waals surface area contributed by atoms with Crippen molar-refractivity contribution in [3.05, 3.63) is 106 Å². The highest BCUT2D eigenvalue weighted by atomic mass is 16.3. The Morgan fingerprint density at radius 2 is 1.52 bits per heavy atom. The zero-order valence-electron chi connectivity index (χ0n) is 16.3. The Bertz CT molecular complexity index is 1280. The standard InChI is InChI=1S/C24H18N4O3/c29-19-13-11-16(12-14-19)15-25-27-23(30)21-20(17-7-3-1-4-8-17)22(26-28-24(21)31)18-9-5-2-6-10-18/h1-15,29H,(H,27,30)(H,28,31)/b25-15+. The van der Waals surface area contributed by atoms with E-state index in [0.29, 0.717) is 22.4 Å². The molecule has 0 aliphatic carbocycles. The second-order valence-corrected chi connectivity index (χ2v) is 6.67. The summed E-state index contributed by atoms with van der Waals surface area (Å²) in [5.41, 5.74) is 4.75. The minimum atomic E-state index is -0.658. The number of nitrogens with one attached hydrogen (secondary N) is 2. The zero-order valence-corrected chi connectivity index (χ0v) is 16.3. The molecule has 1 heterocycles. The fourth-order valence-corrected chi connectivity index (χ4v) is 3.14. The number of benzene rings is 3. The molecule has 1 amide bonds. The van der Waals surface area contributed by atoms with E-state index in [4.69, 9.17) is 0 Å². The molecule has 0 aliphatic heterocycles. The largest absolute Gasteiger partial charge is 0.508 e. The number of hydrogen-bond acceptors (Lipinski definition) is 5. The number of carbonyl (C=O) groups excluding carboxylic acids is 1. The van der Waals surface area contributed by atoms with Crippen LogP contribution in [0.3, 0.4) is 0 Å². The lowest BCUT2D eigenvalue weighted by atomic mass is 9.95. The first kappa shape index (κ1) is 19.8. The Balaban J connectivity index is 1.76. The molecule has 3 N–H and O–H groups in total. The van der Waals surface area contributed by atoms with Crippen LogP contribution in [0.4, 0.5) is 0 Å². The smallest absolute Gasteiger partial charge is 0.277 e. The number of hydrogen-bond donors (Lipinski definition) is 3. The van der Waals surface area contributed by atoms with Gasteiger partial charge in [-0.1, -0.05) is 60.7 Å². The number of carbonyl (C=O) groups is 1. The van der Waals surface area contributed by atoms with E-state index >= 15 is 0 Å². The van der Waals surface area contributed by atoms with Crippen molar-refractivity contribution in [3.8, 4) is 28.1 Å². The number of nitrogens with zero attached hydrogens (tertiary/aromatic N) is 2. The van der Waals surface area contributed by atoms with Gasteiger partial charge in [0, 0.05) is 11.1 Å². The molecule has 0 radical (unpaired) electrons. The first-order valence-corrected chi connectivity index (χ1v) is 9.49. The van der Waals surface area contributed by atoms with E-state index < -0.39 is 11.5 Å². The van der Waals surface area contributed by atoms with Gasteiger partial charge in [0.1, 0.15) is 11.3 Å². The molecular formula is C24H18N4O3. The predicted molar refractivity (Wildman–Crippen MR) is 119 cm³/mol. The highest BCUT2D eigenvalue weighted by Crippen LogP contribution is 2.31. The normalized spacial score (nSPS) is 10.8. The van der Waals surface area contributed by atoms with Gasteiger partial charge in [0.25, 0.3) is 11.5 Å². The lowest BCUT2D eigenvalue weighted by Crippen LogP contribution is -2.28. The Morgan fingerprint density at radius 1 is 0.903 bits per heavy atom. The molecule has 3 aromatic carbocycles. The molecule has 4 aromatic rings. The lowest BCUT2D eigenvalue weighted by Gasteiger charge is -2.12. The molecule has 0 atom stereocenters. The monoisotopic (exact) mass is 410 g/mol. The predicted octanol–water partition coefficient (Wildman–Crippen LogP) is 3.57. The van der Waals surface area contributed by atoms with Crippen molar-refractivity contribution in [1.29, 1.82) is 0 Å². The van der Waals surface area contributed by atoms with Crippen LogP contribution in [0.5, 0.6) is 5.75 Å². The van der Waals surface area contributed by atoms with Crippen molar-refractivity contribution in [3.63, 3.8) is 0 Å². The summed E-state index contributed by atoms with van der Waals surface area (Å²) in [5, 5.41) is 19.9. The van der Waals surface area contributed by atoms with Gasteiger partial charge in [0.05, 0.1) is 11.9 Å². The van der Waals surface area contributed by atoms with Crippen LogP contribution in [-0.2, 0) is 0 Å². The number of H-pyrrole nitrogens is 1. The minimum absolute atomic E-state index is 0.0806. The molecular weight excluding hydrogens is 392 g/mol. The summed E-state index contributed by atoms with van der Waals surface area (Å²) >= 11 is 0. The SMILES string of the molecule is O=C(N/N=C/c1ccc(O)cc1)c1c(-c2ccccc2)c(-c2ccccc2)n[nH]c1=O. The number of hydrazone groups is 1. The summed E-state index contributed by atoms with van der Waals surface area (Å²) in [4.78, 5) is 25.6. The second kappa shape index (κ2) is 8.87. The van der Waals surface area contributed by atoms with E-state index in [-0.39, 0.29) is 11.3 Å². The van der Waals surface area contributed by atoms with Gasteiger partial charge in [-0.05, 0) is 35.4 Å². The molecule has 0 saturated carbocycles. The van der Waals surface area contributed by atoms with E-state index in [2.05, 4.69) is 20.7 Å². The zero-order chi connectivity index (χ0) is 21.6. The number of phenols is 1. The first-order chi connectivity index (χ1) is 15.1. The van der Waals surface area contributed by atoms with Crippen molar-refractivity contribution in [2.24, 2.45) is 5.10 Å². The maximum Gasteiger partial charge on any atom is 0.277 e. The summed E-state index contributed by atoms with van der Waals surface area (Å²) < 4.78 is 0. The van der Waals surface area contributed by atoms with Gasteiger partial charge < -0.3 is 5.11 Å². The van der Waals surface area contributed by atoms with Crippen molar-refractivity contribution in [2.75, 3.05) is 0 Å². The molecule has 7 nitrogen and oxygen atoms in total. The van der Waals surface area contributed by atoms with Crippen LogP contribution in [0, 0.1) is 0 Å². The van der Waals surface area contributed by atoms with Crippen molar-refractivity contribution < 1.29 is 9.90 Å². The van der Waals surface area contributed by atoms with Gasteiger partial charge in [0.15, 0.2) is 0 Å². The summed E-state index contributed by atoms with van der Waals surface area (Å²) in [6.07, 6.45) is 1.42. The number of rotatable bonds is 5. The Hall–Kier alpha value is -4.52. The van der Waals surface area contributed by atoms with Crippen LogP contribution in [-0.4, -0.2) is 27.4 Å². The third kappa shape index (κ3) is 4.40.